The molecule has 0 radical (unpaired) electrons. The Hall–Kier alpha value is -1.94. The van der Waals surface area contributed by atoms with Crippen molar-refractivity contribution in [2.75, 3.05) is 5.73 Å². The monoisotopic (exact) mass is 201 g/mol. The van der Waals surface area contributed by atoms with E-state index in [1.54, 1.807) is 18.5 Å². The second kappa shape index (κ2) is 4.06. The van der Waals surface area contributed by atoms with E-state index in [1.807, 2.05) is 18.2 Å². The van der Waals surface area contributed by atoms with Crippen molar-refractivity contribution in [1.82, 2.24) is 9.97 Å². The average molecular weight is 201 g/mol. The number of aliphatic hydroxyl groups is 1. The number of hydrogen-bond acceptors (Lipinski definition) is 4. The van der Waals surface area contributed by atoms with Gasteiger partial charge in [0.2, 0.25) is 0 Å². The fourth-order valence-electron chi connectivity index (χ4n) is 1.43. The van der Waals surface area contributed by atoms with Crippen molar-refractivity contribution >= 4 is 5.82 Å². The molecule has 3 N–H and O–H groups in total. The fraction of sp³-hybridized carbons (Fsp3) is 0.0909. The Balaban J connectivity index is 2.53. The molecular weight excluding hydrogens is 190 g/mol. The van der Waals surface area contributed by atoms with Crippen LogP contribution in [-0.2, 0) is 6.61 Å². The molecule has 0 unspecified atom stereocenters. The lowest BCUT2D eigenvalue weighted by atomic mass is 10.1. The number of anilines is 1. The minimum Gasteiger partial charge on any atom is -0.390 e. The summed E-state index contributed by atoms with van der Waals surface area (Å²) >= 11 is 0. The molecule has 0 amide bonds. The molecule has 0 aliphatic rings. The molecule has 76 valence electrons. The van der Waals surface area contributed by atoms with Gasteiger partial charge in [-0.2, -0.15) is 0 Å². The van der Waals surface area contributed by atoms with Gasteiger partial charge in [0.15, 0.2) is 0 Å². The molecule has 4 heteroatoms. The van der Waals surface area contributed by atoms with Crippen LogP contribution in [0.5, 0.6) is 0 Å². The van der Waals surface area contributed by atoms with Gasteiger partial charge < -0.3 is 10.8 Å². The zero-order chi connectivity index (χ0) is 10.7. The van der Waals surface area contributed by atoms with Crippen LogP contribution in [0.2, 0.25) is 0 Å². The van der Waals surface area contributed by atoms with Gasteiger partial charge in [-0.25, -0.2) is 4.98 Å². The quantitative estimate of drug-likeness (QED) is 0.766. The van der Waals surface area contributed by atoms with Crippen molar-refractivity contribution in [3.05, 3.63) is 42.4 Å². The summed E-state index contributed by atoms with van der Waals surface area (Å²) < 4.78 is 0. The van der Waals surface area contributed by atoms with E-state index >= 15 is 0 Å². The van der Waals surface area contributed by atoms with Crippen LogP contribution < -0.4 is 5.73 Å². The van der Waals surface area contributed by atoms with Crippen molar-refractivity contribution in [3.63, 3.8) is 0 Å². The van der Waals surface area contributed by atoms with Gasteiger partial charge >= 0.3 is 0 Å². The molecule has 0 aromatic carbocycles. The minimum absolute atomic E-state index is 0.122. The van der Waals surface area contributed by atoms with Crippen LogP contribution in [0.1, 0.15) is 5.69 Å². The molecule has 0 aliphatic carbocycles. The van der Waals surface area contributed by atoms with Gasteiger partial charge in [-0.15, -0.1) is 0 Å². The maximum Gasteiger partial charge on any atom is 0.123 e. The van der Waals surface area contributed by atoms with Crippen LogP contribution in [0.25, 0.3) is 11.1 Å². The summed E-state index contributed by atoms with van der Waals surface area (Å²) in [4.78, 5) is 8.01. The molecule has 4 nitrogen and oxygen atoms in total. The molecule has 2 aromatic rings. The zero-order valence-corrected chi connectivity index (χ0v) is 8.09. The molecule has 15 heavy (non-hydrogen) atoms. The Bertz CT molecular complexity index is 457. The van der Waals surface area contributed by atoms with Crippen LogP contribution in [0.3, 0.4) is 0 Å². The van der Waals surface area contributed by atoms with Crippen LogP contribution in [0, 0.1) is 0 Å². The lowest BCUT2D eigenvalue weighted by Gasteiger charge is -2.06. The molecule has 0 spiro atoms. The lowest BCUT2D eigenvalue weighted by Crippen LogP contribution is -1.98. The van der Waals surface area contributed by atoms with Gasteiger partial charge in [0.05, 0.1) is 12.3 Å². The summed E-state index contributed by atoms with van der Waals surface area (Å²) in [5.41, 5.74) is 7.99. The number of aromatic nitrogens is 2. The van der Waals surface area contributed by atoms with E-state index in [0.29, 0.717) is 11.5 Å². The molecule has 0 fully saturated rings. The molecule has 0 saturated carbocycles. The van der Waals surface area contributed by atoms with E-state index in [2.05, 4.69) is 9.97 Å². The van der Waals surface area contributed by atoms with Gasteiger partial charge in [0.1, 0.15) is 5.82 Å². The van der Waals surface area contributed by atoms with Crippen molar-refractivity contribution in [3.8, 4) is 11.1 Å². The molecule has 2 rings (SSSR count). The first-order valence-electron chi connectivity index (χ1n) is 4.58. The SMILES string of the molecule is Nc1ccc(-c2ccncc2)c(CO)n1. The molecule has 0 atom stereocenters. The Kier molecular flexibility index (Phi) is 2.60. The van der Waals surface area contributed by atoms with Crippen molar-refractivity contribution in [2.24, 2.45) is 0 Å². The topological polar surface area (TPSA) is 72.0 Å². The molecule has 2 aromatic heterocycles. The van der Waals surface area contributed by atoms with Crippen LogP contribution in [0.15, 0.2) is 36.7 Å². The Morgan fingerprint density at radius 2 is 1.87 bits per heavy atom. The number of nitrogens with two attached hydrogens (primary N) is 1. The predicted molar refractivity (Wildman–Crippen MR) is 57.8 cm³/mol. The highest BCUT2D eigenvalue weighted by molar-refractivity contribution is 5.66. The predicted octanol–water partition coefficient (Wildman–Crippen LogP) is 1.22. The highest BCUT2D eigenvalue weighted by atomic mass is 16.3. The van der Waals surface area contributed by atoms with E-state index in [9.17, 15) is 5.11 Å². The number of nitrogens with zero attached hydrogens (tertiary/aromatic N) is 2. The van der Waals surface area contributed by atoms with E-state index < -0.39 is 0 Å². The molecule has 0 saturated heterocycles. The molecule has 0 aliphatic heterocycles. The summed E-state index contributed by atoms with van der Waals surface area (Å²) in [6.45, 7) is -0.122. The first-order chi connectivity index (χ1) is 7.31. The third-order valence-corrected chi connectivity index (χ3v) is 2.14. The zero-order valence-electron chi connectivity index (χ0n) is 8.09. The summed E-state index contributed by atoms with van der Waals surface area (Å²) in [6, 6.07) is 7.30. The molecule has 0 bridgehead atoms. The summed E-state index contributed by atoms with van der Waals surface area (Å²) in [5.74, 6) is 0.414. The maximum atomic E-state index is 9.17. The van der Waals surface area contributed by atoms with Crippen molar-refractivity contribution < 1.29 is 5.11 Å². The van der Waals surface area contributed by atoms with Gasteiger partial charge in [-0.1, -0.05) is 0 Å². The molecule has 2 heterocycles. The largest absolute Gasteiger partial charge is 0.390 e. The van der Waals surface area contributed by atoms with Crippen LogP contribution in [0.4, 0.5) is 5.82 Å². The van der Waals surface area contributed by atoms with E-state index in [4.69, 9.17) is 5.73 Å². The third kappa shape index (κ3) is 1.94. The summed E-state index contributed by atoms with van der Waals surface area (Å²) in [6.07, 6.45) is 3.40. The van der Waals surface area contributed by atoms with Crippen molar-refractivity contribution in [1.29, 1.82) is 0 Å². The van der Waals surface area contributed by atoms with Gasteiger partial charge in [-0.3, -0.25) is 4.98 Å². The Labute approximate surface area is 87.4 Å². The number of aliphatic hydroxyl groups excluding tert-OH is 1. The van der Waals surface area contributed by atoms with Gasteiger partial charge in [0.25, 0.3) is 0 Å². The van der Waals surface area contributed by atoms with E-state index in [-0.39, 0.29) is 6.61 Å². The second-order valence-electron chi connectivity index (χ2n) is 3.12. The average Bonchev–Trinajstić information content (AvgIpc) is 2.30. The number of nitrogen functional groups attached to an aromatic ring is 1. The smallest absolute Gasteiger partial charge is 0.123 e. The first-order valence-corrected chi connectivity index (χ1v) is 4.58. The fourth-order valence-corrected chi connectivity index (χ4v) is 1.43. The number of rotatable bonds is 2. The maximum absolute atomic E-state index is 9.17. The van der Waals surface area contributed by atoms with E-state index in [1.165, 1.54) is 0 Å². The lowest BCUT2D eigenvalue weighted by molar-refractivity contribution is 0.277. The normalized spacial score (nSPS) is 10.2. The number of hydrogen-bond donors (Lipinski definition) is 2. The minimum atomic E-state index is -0.122. The summed E-state index contributed by atoms with van der Waals surface area (Å²) in [7, 11) is 0. The van der Waals surface area contributed by atoms with Gasteiger partial charge in [-0.05, 0) is 29.8 Å². The first kappa shape index (κ1) is 9.61. The third-order valence-electron chi connectivity index (χ3n) is 2.14. The Morgan fingerprint density at radius 1 is 1.13 bits per heavy atom. The van der Waals surface area contributed by atoms with E-state index in [0.717, 1.165) is 11.1 Å². The van der Waals surface area contributed by atoms with Gasteiger partial charge in [0, 0.05) is 18.0 Å². The van der Waals surface area contributed by atoms with Crippen LogP contribution in [-0.4, -0.2) is 15.1 Å². The number of pyridine rings is 2. The molecular formula is C11H11N3O. The summed E-state index contributed by atoms with van der Waals surface area (Å²) in [5, 5.41) is 9.17. The highest BCUT2D eigenvalue weighted by Crippen LogP contribution is 2.22. The second-order valence-corrected chi connectivity index (χ2v) is 3.12. The highest BCUT2D eigenvalue weighted by Gasteiger charge is 2.05. The standard InChI is InChI=1S/C11H11N3O/c12-11-2-1-9(10(7-15)14-11)8-3-5-13-6-4-8/h1-6,15H,7H2,(H2,12,14). The Morgan fingerprint density at radius 3 is 2.53 bits per heavy atom. The van der Waals surface area contributed by atoms with Crippen molar-refractivity contribution in [2.45, 2.75) is 6.61 Å². The van der Waals surface area contributed by atoms with Crippen LogP contribution >= 0.6 is 0 Å².